The summed E-state index contributed by atoms with van der Waals surface area (Å²) in [5.74, 6) is 0. The van der Waals surface area contributed by atoms with E-state index in [-0.39, 0.29) is 40.3 Å². The third-order valence-corrected chi connectivity index (χ3v) is 15.9. The Kier molecular flexibility index (Phi) is 4.70. The maximum atomic E-state index is 9.75. The fourth-order valence-electron chi connectivity index (χ4n) is 10.3. The molecule has 16 aromatic carbocycles. The van der Waals surface area contributed by atoms with Crippen molar-refractivity contribution in [3.05, 3.63) is 302 Å². The van der Waals surface area contributed by atoms with Crippen LogP contribution < -0.4 is 0 Å². The van der Waals surface area contributed by atoms with E-state index in [9.17, 15) is 27.4 Å². The summed E-state index contributed by atoms with van der Waals surface area (Å²) in [6.45, 7) is 0. The highest BCUT2D eigenvalue weighted by atomic mass is 32.1. The molecule has 0 unspecified atom stereocenters. The van der Waals surface area contributed by atoms with Crippen LogP contribution in [-0.2, 0) is 0 Å². The molecule has 0 aliphatic carbocycles. The van der Waals surface area contributed by atoms with E-state index in [1.54, 1.807) is 0 Å². The van der Waals surface area contributed by atoms with Crippen LogP contribution in [0.1, 0.15) is 68.5 Å². The van der Waals surface area contributed by atoms with Crippen LogP contribution in [0.4, 0.5) is 0 Å². The van der Waals surface area contributed by atoms with Crippen LogP contribution in [0.25, 0.3) is 171 Å². The van der Waals surface area contributed by atoms with E-state index < -0.39 is 433 Å². The smallest absolute Gasteiger partial charge is 0.0638 e. The fraction of sp³-hybridized carbons (Fsp3) is 0. The maximum absolute atomic E-state index is 9.75. The Labute approximate surface area is 564 Å². The standard InChI is InChI=1S/C42H26S.C40H24S/c1-2-12-31-27(10-1)11-9-18-32(31)28-20-22-29(23-21-28)41-34-14-3-5-16-36(34)42(37-17-6-4-15-35(37)41)30-24-25-40-38(26-30)33-13-7-8-19-39(33)43-40;1-2-12-27-25(11-1)23-36(29-14-4-3-13-28(27)29)40-33-18-7-5-16-31(33)39(32-17-6-8-19-34(32)40)26-21-22-38-35(24-26)30-15-9-10-20-37(30)41-38/h1-26H;1-24H/i1D,2D,3D,4D,5D,6D,7D,8D,9D,10D,11D,12D,13D,14D,15D,16D,17D,18D,19D,20D,21D,22D,23D,24D,25D,26D;1D,2D,3D,4D,5D,6D,7D,8D,9D,10D,11D,12D,13D,14D,15D,16D,17D,18D,19D,20D,21D,22D,23D,24D. The fourth-order valence-corrected chi connectivity index (χ4v) is 12.2. The molecule has 0 amide bonds. The molecule has 0 radical (unpaired) electrons. The highest BCUT2D eigenvalue weighted by Crippen LogP contribution is 2.49. The number of fused-ring (bicyclic) bond motifs is 14. The lowest BCUT2D eigenvalue weighted by Gasteiger charge is -2.19. The Morgan fingerprint density at radius 1 is 0.179 bits per heavy atom. The normalized spacial score (nSPS) is 20.1. The Morgan fingerprint density at radius 3 is 1.01 bits per heavy atom. The van der Waals surface area contributed by atoms with E-state index in [0.29, 0.717) is 22.7 Å². The molecular formula is C82H50S2. The van der Waals surface area contributed by atoms with Crippen molar-refractivity contribution in [1.82, 2.24) is 0 Å². The van der Waals surface area contributed by atoms with Gasteiger partial charge in [-0.05, 0) is 173 Å². The lowest BCUT2D eigenvalue weighted by Crippen LogP contribution is -1.92. The molecule has 0 atom stereocenters. The van der Waals surface area contributed by atoms with Crippen LogP contribution >= 0.6 is 22.7 Å². The first-order valence-corrected chi connectivity index (χ1v) is 26.4. The van der Waals surface area contributed by atoms with Crippen LogP contribution in [0, 0.1) is 0 Å². The second-order valence-electron chi connectivity index (χ2n) is 18.3. The van der Waals surface area contributed by atoms with Gasteiger partial charge in [0.1, 0.15) is 0 Å². The van der Waals surface area contributed by atoms with Crippen molar-refractivity contribution in [3.8, 4) is 55.6 Å². The third-order valence-electron chi connectivity index (χ3n) is 13.8. The second-order valence-corrected chi connectivity index (χ2v) is 20.3. The lowest BCUT2D eigenvalue weighted by atomic mass is 9.83. The molecule has 390 valence electrons. The Morgan fingerprint density at radius 2 is 0.512 bits per heavy atom. The molecule has 0 N–H and O–H groups in total. The number of rotatable bonds is 5. The molecular weight excluding hydrogens is 1050 g/mol. The molecule has 0 saturated heterocycles. The summed E-state index contributed by atoms with van der Waals surface area (Å²) in [6.07, 6.45) is 0. The van der Waals surface area contributed by atoms with Crippen molar-refractivity contribution in [2.45, 2.75) is 0 Å². The average molecular weight is 1150 g/mol. The topological polar surface area (TPSA) is 0 Å². The van der Waals surface area contributed by atoms with Crippen LogP contribution in [0.3, 0.4) is 0 Å². The van der Waals surface area contributed by atoms with Gasteiger partial charge in [-0.1, -0.05) is 260 Å². The quantitative estimate of drug-likeness (QED) is 0.119. The molecule has 0 bridgehead atoms. The molecule has 0 saturated carbocycles. The summed E-state index contributed by atoms with van der Waals surface area (Å²) in [6, 6.07) is -42.0. The summed E-state index contributed by atoms with van der Waals surface area (Å²) in [5, 5.41) is -9.73. The van der Waals surface area contributed by atoms with E-state index in [2.05, 4.69) is 0 Å². The highest BCUT2D eigenvalue weighted by Gasteiger charge is 2.21. The summed E-state index contributed by atoms with van der Waals surface area (Å²) >= 11 is 1.40. The number of thiophene rings is 2. The van der Waals surface area contributed by atoms with Gasteiger partial charge in [0.25, 0.3) is 0 Å². The lowest BCUT2D eigenvalue weighted by molar-refractivity contribution is 1.63. The van der Waals surface area contributed by atoms with Gasteiger partial charge in [-0.15, -0.1) is 22.7 Å². The third kappa shape index (κ3) is 7.80. The summed E-state index contributed by atoms with van der Waals surface area (Å²) < 4.78 is 448. The summed E-state index contributed by atoms with van der Waals surface area (Å²) in [4.78, 5) is 0. The molecule has 18 aromatic rings. The zero-order chi connectivity index (χ0) is 98.8. The van der Waals surface area contributed by atoms with Crippen LogP contribution in [0.2, 0.25) is 0 Å². The maximum Gasteiger partial charge on any atom is 0.0638 e. The van der Waals surface area contributed by atoms with Crippen molar-refractivity contribution in [2.75, 3.05) is 0 Å². The van der Waals surface area contributed by atoms with Crippen molar-refractivity contribution < 1.29 is 68.5 Å². The highest BCUT2D eigenvalue weighted by molar-refractivity contribution is 7.26. The van der Waals surface area contributed by atoms with E-state index in [1.807, 2.05) is 0 Å². The molecule has 2 heterocycles. The molecule has 84 heavy (non-hydrogen) atoms. The van der Waals surface area contributed by atoms with Crippen molar-refractivity contribution >= 4 is 138 Å². The van der Waals surface area contributed by atoms with Gasteiger partial charge in [-0.2, -0.15) is 0 Å². The van der Waals surface area contributed by atoms with Crippen molar-refractivity contribution in [1.29, 1.82) is 0 Å². The predicted octanol–water partition coefficient (Wildman–Crippen LogP) is 24.5. The predicted molar refractivity (Wildman–Crippen MR) is 368 cm³/mol. The molecule has 0 spiro atoms. The Balaban J connectivity index is 0.000000187. The van der Waals surface area contributed by atoms with Gasteiger partial charge < -0.3 is 0 Å². The van der Waals surface area contributed by atoms with Crippen LogP contribution in [0.15, 0.2) is 302 Å². The van der Waals surface area contributed by atoms with Gasteiger partial charge in [-0.25, -0.2) is 0 Å². The van der Waals surface area contributed by atoms with E-state index >= 15 is 0 Å². The summed E-state index contributed by atoms with van der Waals surface area (Å²) in [5.41, 5.74) is -6.87. The minimum absolute atomic E-state index is 0.0767. The Hall–Kier alpha value is -10.2. The van der Waals surface area contributed by atoms with E-state index in [1.165, 1.54) is 0 Å². The number of benzene rings is 16. The number of hydrogen-bond donors (Lipinski definition) is 0. The Bertz CT molecular complexity index is 8590. The minimum atomic E-state index is -1.06. The first-order chi connectivity index (χ1) is 62.5. The zero-order valence-corrected chi connectivity index (χ0v) is 43.4. The first kappa shape index (κ1) is 20.0. The van der Waals surface area contributed by atoms with E-state index in [0.717, 1.165) is 0 Å². The van der Waals surface area contributed by atoms with Crippen molar-refractivity contribution in [2.24, 2.45) is 0 Å². The number of hydrogen-bond acceptors (Lipinski definition) is 2. The summed E-state index contributed by atoms with van der Waals surface area (Å²) in [7, 11) is 0. The average Bonchev–Trinajstić information content (AvgIpc) is 0.722. The largest absolute Gasteiger partial charge is 0.135 e. The van der Waals surface area contributed by atoms with Gasteiger partial charge in [-0.3, -0.25) is 0 Å². The van der Waals surface area contributed by atoms with E-state index in [4.69, 9.17) is 41.1 Å². The first-order valence-electron chi connectivity index (χ1n) is 49.8. The zero-order valence-electron chi connectivity index (χ0n) is 91.8. The van der Waals surface area contributed by atoms with Crippen LogP contribution in [0.5, 0.6) is 0 Å². The van der Waals surface area contributed by atoms with Crippen molar-refractivity contribution in [3.63, 3.8) is 0 Å². The SMILES string of the molecule is [2H]c1c([2H])c(-c2c3c([2H])c([2H])c([2H])c([2H])c3c(-c3c([2H])c([2H])c4sc5c([2H])c([2H])c([2H])c([2H])c5c4c3[2H])c3c([2H])c([2H])c([2H])c([2H])c23)c([2H])c([2H])c1-c1c([2H])c([2H])c([2H])c2c([2H])c([2H])c([2H])c([2H])c12.[2H]c1c([2H])c([2H])c2c(sc3c([2H])c([2H])c(-c4c5c([2H])c([2H])c([2H])c([2H])c5c(-c5c([2H])c6c([2H])c([2H])c([2H])c([2H])c6c6c([2H])c([2H])c([2H])c([2H])c56)c5c([2H])c([2H])c([2H])c([2H])c45)c([2H])c32)c1[2H]. The minimum Gasteiger partial charge on any atom is -0.135 e. The molecule has 0 aliphatic rings. The van der Waals surface area contributed by atoms with Crippen LogP contribution in [-0.4, -0.2) is 0 Å². The molecule has 2 heteroatoms. The monoisotopic (exact) mass is 1150 g/mol. The van der Waals surface area contributed by atoms with Gasteiger partial charge >= 0.3 is 0 Å². The molecule has 2 aromatic heterocycles. The molecule has 0 nitrogen and oxygen atoms in total. The second kappa shape index (κ2) is 19.8. The van der Waals surface area contributed by atoms with Gasteiger partial charge in [0.2, 0.25) is 0 Å². The molecule has 0 fully saturated rings. The molecule has 18 rings (SSSR count). The van der Waals surface area contributed by atoms with Gasteiger partial charge in [0.05, 0.1) is 68.5 Å². The molecule has 0 aliphatic heterocycles. The van der Waals surface area contributed by atoms with Gasteiger partial charge in [0, 0.05) is 40.3 Å². The van der Waals surface area contributed by atoms with Gasteiger partial charge in [0.15, 0.2) is 0 Å².